The standard InChI is InChI=1S/C21H22OP2.C7H8O/c1-22-20-14-8-9-15-21(20)24(19-12-6-3-7-13-19)17-16-23-18-10-4-2-5-11-18;1-8-7-5-3-2-4-6-7/h2-15,23H,16-17H2,1H3;2-6H,1H3. The van der Waals surface area contributed by atoms with E-state index >= 15 is 0 Å². The van der Waals surface area contributed by atoms with Crippen molar-refractivity contribution in [2.45, 2.75) is 0 Å². The molecule has 164 valence electrons. The van der Waals surface area contributed by atoms with E-state index in [-0.39, 0.29) is 0 Å². The lowest BCUT2D eigenvalue weighted by Gasteiger charge is -2.21. The number of benzene rings is 4. The van der Waals surface area contributed by atoms with Crippen LogP contribution in [-0.4, -0.2) is 26.5 Å². The Kier molecular flexibility index (Phi) is 10.3. The van der Waals surface area contributed by atoms with Gasteiger partial charge in [-0.15, -0.1) is 0 Å². The van der Waals surface area contributed by atoms with Gasteiger partial charge in [0.15, 0.2) is 0 Å². The lowest BCUT2D eigenvalue weighted by atomic mass is 10.3. The van der Waals surface area contributed by atoms with E-state index in [1.807, 2.05) is 36.4 Å². The Bertz CT molecular complexity index is 1020. The van der Waals surface area contributed by atoms with Crippen molar-refractivity contribution in [2.24, 2.45) is 0 Å². The van der Waals surface area contributed by atoms with E-state index in [0.29, 0.717) is 0 Å². The molecule has 0 aliphatic rings. The molecule has 2 unspecified atom stereocenters. The highest BCUT2D eigenvalue weighted by molar-refractivity contribution is 7.73. The Morgan fingerprint density at radius 2 is 1.19 bits per heavy atom. The van der Waals surface area contributed by atoms with Gasteiger partial charge in [-0.2, -0.15) is 0 Å². The second kappa shape index (κ2) is 13.7. The average molecular weight is 460 g/mol. The average Bonchev–Trinajstić information content (AvgIpc) is 2.89. The van der Waals surface area contributed by atoms with E-state index in [4.69, 9.17) is 9.47 Å². The fraction of sp³-hybridized carbons (Fsp3) is 0.143. The summed E-state index contributed by atoms with van der Waals surface area (Å²) in [4.78, 5) is 0. The third kappa shape index (κ3) is 7.49. The van der Waals surface area contributed by atoms with Crippen LogP contribution in [0.25, 0.3) is 0 Å². The second-order valence-electron chi connectivity index (χ2n) is 6.97. The first kappa shape index (κ1) is 24.0. The second-order valence-corrected chi connectivity index (χ2v) is 10.7. The minimum Gasteiger partial charge on any atom is -0.497 e. The molecule has 0 spiro atoms. The molecule has 2 atom stereocenters. The highest BCUT2D eigenvalue weighted by atomic mass is 31.1. The Hall–Kier alpha value is -2.66. The van der Waals surface area contributed by atoms with Crippen molar-refractivity contribution in [3.63, 3.8) is 0 Å². The smallest absolute Gasteiger partial charge is 0.126 e. The van der Waals surface area contributed by atoms with Gasteiger partial charge in [0.25, 0.3) is 0 Å². The molecule has 0 aliphatic heterocycles. The molecule has 0 amide bonds. The lowest BCUT2D eigenvalue weighted by molar-refractivity contribution is 0.415. The summed E-state index contributed by atoms with van der Waals surface area (Å²) < 4.78 is 10.5. The zero-order valence-corrected chi connectivity index (χ0v) is 20.5. The normalized spacial score (nSPS) is 11.4. The van der Waals surface area contributed by atoms with Crippen LogP contribution in [-0.2, 0) is 0 Å². The summed E-state index contributed by atoms with van der Waals surface area (Å²) in [7, 11) is 3.90. The van der Waals surface area contributed by atoms with Gasteiger partial charge < -0.3 is 9.47 Å². The Labute approximate surface area is 195 Å². The Morgan fingerprint density at radius 1 is 0.625 bits per heavy atom. The Balaban J connectivity index is 0.000000305. The summed E-state index contributed by atoms with van der Waals surface area (Å²) in [5.74, 6) is 1.92. The van der Waals surface area contributed by atoms with Crippen LogP contribution in [0.4, 0.5) is 0 Å². The van der Waals surface area contributed by atoms with Crippen LogP contribution < -0.4 is 25.4 Å². The molecule has 0 aliphatic carbocycles. The number of rotatable bonds is 8. The van der Waals surface area contributed by atoms with Crippen LogP contribution >= 0.6 is 16.5 Å². The van der Waals surface area contributed by atoms with Crippen molar-refractivity contribution in [1.82, 2.24) is 0 Å². The zero-order valence-electron chi connectivity index (χ0n) is 18.6. The van der Waals surface area contributed by atoms with E-state index in [1.165, 1.54) is 28.2 Å². The third-order valence-corrected chi connectivity index (χ3v) is 9.07. The molecule has 32 heavy (non-hydrogen) atoms. The fourth-order valence-electron chi connectivity index (χ4n) is 3.27. The first-order valence-corrected chi connectivity index (χ1v) is 13.4. The van der Waals surface area contributed by atoms with Crippen molar-refractivity contribution in [3.8, 4) is 11.5 Å². The monoisotopic (exact) mass is 460 g/mol. The molecule has 0 N–H and O–H groups in total. The van der Waals surface area contributed by atoms with Gasteiger partial charge in [0, 0.05) is 5.30 Å². The molecule has 2 nitrogen and oxygen atoms in total. The number of ether oxygens (including phenoxy) is 2. The lowest BCUT2D eigenvalue weighted by Crippen LogP contribution is -2.17. The number of methoxy groups -OCH3 is 2. The Morgan fingerprint density at radius 3 is 1.78 bits per heavy atom. The van der Waals surface area contributed by atoms with Crippen LogP contribution in [0.5, 0.6) is 11.5 Å². The molecule has 0 aromatic heterocycles. The number of para-hydroxylation sites is 2. The maximum atomic E-state index is 5.63. The van der Waals surface area contributed by atoms with Crippen LogP contribution in [0.15, 0.2) is 115 Å². The summed E-state index contributed by atoms with van der Waals surface area (Å²) in [5, 5.41) is 4.22. The number of hydrogen-bond acceptors (Lipinski definition) is 2. The van der Waals surface area contributed by atoms with E-state index < -0.39 is 7.92 Å². The van der Waals surface area contributed by atoms with Gasteiger partial charge in [-0.3, -0.25) is 0 Å². The molecule has 0 radical (unpaired) electrons. The van der Waals surface area contributed by atoms with E-state index in [1.54, 1.807) is 14.2 Å². The van der Waals surface area contributed by atoms with Crippen LogP contribution in [0.3, 0.4) is 0 Å². The molecular weight excluding hydrogens is 430 g/mol. The zero-order chi connectivity index (χ0) is 22.4. The van der Waals surface area contributed by atoms with E-state index in [9.17, 15) is 0 Å². The van der Waals surface area contributed by atoms with Crippen molar-refractivity contribution in [3.05, 3.63) is 115 Å². The van der Waals surface area contributed by atoms with Gasteiger partial charge in [0.2, 0.25) is 0 Å². The minimum atomic E-state index is -0.392. The molecule has 0 fully saturated rings. The van der Waals surface area contributed by atoms with Crippen LogP contribution in [0.2, 0.25) is 0 Å². The number of hydrogen-bond donors (Lipinski definition) is 0. The van der Waals surface area contributed by atoms with Gasteiger partial charge in [-0.1, -0.05) is 106 Å². The summed E-state index contributed by atoms with van der Waals surface area (Å²) in [5.41, 5.74) is 0. The molecule has 4 aromatic carbocycles. The first-order valence-electron chi connectivity index (χ1n) is 10.7. The van der Waals surface area contributed by atoms with Gasteiger partial charge >= 0.3 is 0 Å². The topological polar surface area (TPSA) is 18.5 Å². The molecule has 4 aromatic rings. The summed E-state index contributed by atoms with van der Waals surface area (Å²) in [6.45, 7) is 0. The van der Waals surface area contributed by atoms with Crippen molar-refractivity contribution < 1.29 is 9.47 Å². The largest absolute Gasteiger partial charge is 0.497 e. The van der Waals surface area contributed by atoms with Gasteiger partial charge in [0.05, 0.1) is 14.2 Å². The molecule has 0 heterocycles. The highest BCUT2D eigenvalue weighted by Gasteiger charge is 2.17. The van der Waals surface area contributed by atoms with E-state index in [0.717, 1.165) is 20.1 Å². The van der Waals surface area contributed by atoms with Gasteiger partial charge in [-0.05, 0) is 49.1 Å². The van der Waals surface area contributed by atoms with E-state index in [2.05, 4.69) is 78.9 Å². The quantitative estimate of drug-likeness (QED) is 0.308. The predicted octanol–water partition coefficient (Wildman–Crippen LogP) is 5.83. The highest BCUT2D eigenvalue weighted by Crippen LogP contribution is 2.38. The third-order valence-electron chi connectivity index (χ3n) is 4.86. The molecule has 0 saturated carbocycles. The maximum Gasteiger partial charge on any atom is 0.126 e. The van der Waals surface area contributed by atoms with Gasteiger partial charge in [0.1, 0.15) is 11.5 Å². The first-order chi connectivity index (χ1) is 15.8. The van der Waals surface area contributed by atoms with Gasteiger partial charge in [-0.25, -0.2) is 0 Å². The van der Waals surface area contributed by atoms with Crippen molar-refractivity contribution in [1.29, 1.82) is 0 Å². The molecule has 4 heteroatoms. The van der Waals surface area contributed by atoms with Crippen LogP contribution in [0.1, 0.15) is 0 Å². The molecular formula is C28H30O2P2. The summed E-state index contributed by atoms with van der Waals surface area (Å²) >= 11 is 0. The van der Waals surface area contributed by atoms with Crippen molar-refractivity contribution >= 4 is 32.4 Å². The molecule has 0 bridgehead atoms. The fourth-order valence-corrected chi connectivity index (χ4v) is 7.34. The summed E-state index contributed by atoms with van der Waals surface area (Å²) in [6, 6.07) is 39.8. The summed E-state index contributed by atoms with van der Waals surface area (Å²) in [6.07, 6.45) is 2.40. The predicted molar refractivity (Wildman–Crippen MR) is 143 cm³/mol. The minimum absolute atomic E-state index is 0.392. The SMILES string of the molecule is COc1ccccc1.COc1ccccc1P(CCPc1ccccc1)c1ccccc1. The maximum absolute atomic E-state index is 5.63. The molecule has 4 rings (SSSR count). The van der Waals surface area contributed by atoms with Crippen molar-refractivity contribution in [2.75, 3.05) is 26.5 Å². The van der Waals surface area contributed by atoms with Crippen LogP contribution in [0, 0.1) is 0 Å². The molecule has 0 saturated heterocycles.